The molecule has 0 atom stereocenters. The molecular weight excluding hydrogens is 355 g/mol. The summed E-state index contributed by atoms with van der Waals surface area (Å²) >= 11 is 0. The van der Waals surface area contributed by atoms with Gasteiger partial charge in [0.1, 0.15) is 5.69 Å². The molecule has 1 aromatic carbocycles. The van der Waals surface area contributed by atoms with E-state index in [2.05, 4.69) is 0 Å². The molecule has 0 aliphatic rings. The summed E-state index contributed by atoms with van der Waals surface area (Å²) in [6.45, 7) is 0. The third-order valence-electron chi connectivity index (χ3n) is 2.81. The number of rotatable bonds is 4. The van der Waals surface area contributed by atoms with E-state index >= 15 is 0 Å². The predicted octanol–water partition coefficient (Wildman–Crippen LogP) is 2.10. The number of H-pyrrole nitrogens is 1. The zero-order valence-electron chi connectivity index (χ0n) is 11.5. The van der Waals surface area contributed by atoms with Crippen molar-refractivity contribution in [1.29, 1.82) is 0 Å². The minimum absolute atomic E-state index is 0.327. The quantitative estimate of drug-likeness (QED) is 0.636. The number of non-ortho nitro benzene ring substituents is 1. The van der Waals surface area contributed by atoms with Crippen LogP contribution in [0.25, 0.3) is 0 Å². The molecule has 0 unspecified atom stereocenters. The van der Waals surface area contributed by atoms with Crippen molar-refractivity contribution in [2.24, 2.45) is 0 Å². The topological polar surface area (TPSA) is 122 Å². The number of pyridine rings is 1. The number of alkyl halides is 3. The highest BCUT2D eigenvalue weighted by atomic mass is 32.2. The van der Waals surface area contributed by atoms with E-state index in [1.54, 1.807) is 9.71 Å². The molecule has 24 heavy (non-hydrogen) atoms. The summed E-state index contributed by atoms with van der Waals surface area (Å²) in [6, 6.07) is 4.16. The Hall–Kier alpha value is -2.89. The fourth-order valence-electron chi connectivity index (χ4n) is 1.69. The summed E-state index contributed by atoms with van der Waals surface area (Å²) in [5.41, 5.74) is -3.76. The van der Waals surface area contributed by atoms with Crippen LogP contribution in [0.5, 0.6) is 0 Å². The third-order valence-corrected chi connectivity index (χ3v) is 4.18. The molecule has 0 aliphatic carbocycles. The van der Waals surface area contributed by atoms with Crippen LogP contribution in [-0.2, 0) is 16.2 Å². The van der Waals surface area contributed by atoms with Crippen LogP contribution in [0.4, 0.5) is 24.5 Å². The minimum atomic E-state index is -4.80. The van der Waals surface area contributed by atoms with Gasteiger partial charge in [0.25, 0.3) is 21.3 Å². The van der Waals surface area contributed by atoms with Gasteiger partial charge in [-0.25, -0.2) is 8.42 Å². The Balaban J connectivity index is 2.45. The summed E-state index contributed by atoms with van der Waals surface area (Å²) in [5.74, 6) is 0. The lowest BCUT2D eigenvalue weighted by Gasteiger charge is -2.10. The molecule has 1 heterocycles. The fourth-order valence-corrected chi connectivity index (χ4v) is 2.78. The van der Waals surface area contributed by atoms with Crippen LogP contribution in [0.3, 0.4) is 0 Å². The second-order valence-electron chi connectivity index (χ2n) is 4.49. The van der Waals surface area contributed by atoms with Gasteiger partial charge in [-0.1, -0.05) is 6.07 Å². The van der Waals surface area contributed by atoms with Crippen molar-refractivity contribution in [2.75, 3.05) is 4.72 Å². The Morgan fingerprint density at radius 1 is 1.21 bits per heavy atom. The van der Waals surface area contributed by atoms with E-state index in [-0.39, 0.29) is 0 Å². The summed E-state index contributed by atoms with van der Waals surface area (Å²) < 4.78 is 63.8. The molecule has 0 amide bonds. The Bertz CT molecular complexity index is 953. The summed E-state index contributed by atoms with van der Waals surface area (Å²) in [6.07, 6.45) is -4.40. The van der Waals surface area contributed by atoms with Crippen molar-refractivity contribution < 1.29 is 26.5 Å². The molecule has 2 rings (SSSR count). The van der Waals surface area contributed by atoms with Crippen molar-refractivity contribution in [3.8, 4) is 0 Å². The largest absolute Gasteiger partial charge is 0.417 e. The smallest absolute Gasteiger partial charge is 0.327 e. The van der Waals surface area contributed by atoms with Crippen LogP contribution in [0.1, 0.15) is 5.56 Å². The first-order chi connectivity index (χ1) is 11.0. The molecule has 0 saturated carbocycles. The van der Waals surface area contributed by atoms with Crippen molar-refractivity contribution in [1.82, 2.24) is 4.98 Å². The second-order valence-corrected chi connectivity index (χ2v) is 6.17. The van der Waals surface area contributed by atoms with Crippen LogP contribution in [-0.4, -0.2) is 18.3 Å². The Morgan fingerprint density at radius 3 is 2.46 bits per heavy atom. The van der Waals surface area contributed by atoms with Gasteiger partial charge in [0.15, 0.2) is 0 Å². The number of aromatic nitrogens is 1. The van der Waals surface area contributed by atoms with Crippen LogP contribution in [0, 0.1) is 10.1 Å². The number of benzene rings is 1. The first kappa shape index (κ1) is 17.5. The lowest BCUT2D eigenvalue weighted by Crippen LogP contribution is -2.21. The molecular formula is C12H8F3N3O5S. The number of halogens is 3. The number of hydrogen-bond donors (Lipinski definition) is 2. The number of aromatic amines is 1. The molecule has 128 valence electrons. The third kappa shape index (κ3) is 3.71. The average molecular weight is 363 g/mol. The number of nitro benzene ring substituents is 1. The van der Waals surface area contributed by atoms with Gasteiger partial charge < -0.3 is 4.98 Å². The van der Waals surface area contributed by atoms with Gasteiger partial charge in [0.2, 0.25) is 0 Å². The number of nitro groups is 1. The molecule has 12 heteroatoms. The van der Waals surface area contributed by atoms with Gasteiger partial charge >= 0.3 is 6.18 Å². The number of nitrogens with zero attached hydrogens (tertiary/aromatic N) is 1. The highest BCUT2D eigenvalue weighted by Gasteiger charge is 2.32. The van der Waals surface area contributed by atoms with Crippen LogP contribution >= 0.6 is 0 Å². The monoisotopic (exact) mass is 363 g/mol. The molecule has 0 spiro atoms. The molecule has 2 N–H and O–H groups in total. The van der Waals surface area contributed by atoms with E-state index in [9.17, 15) is 36.5 Å². The van der Waals surface area contributed by atoms with E-state index in [0.29, 0.717) is 18.3 Å². The number of sulfonamides is 1. The Labute approximate surface area is 132 Å². The van der Waals surface area contributed by atoms with E-state index in [4.69, 9.17) is 0 Å². The molecule has 1 aromatic heterocycles. The van der Waals surface area contributed by atoms with Crippen LogP contribution in [0.15, 0.2) is 46.2 Å². The van der Waals surface area contributed by atoms with Gasteiger partial charge in [-0.3, -0.25) is 19.6 Å². The maximum atomic E-state index is 12.6. The zero-order valence-corrected chi connectivity index (χ0v) is 12.3. The Kier molecular flexibility index (Phi) is 4.34. The summed E-state index contributed by atoms with van der Waals surface area (Å²) in [7, 11) is -4.50. The standard InChI is InChI=1S/C12H8F3N3O5S/c13-12(14,15)7-4-10(11(19)16-6-7)17-24(22,23)9-3-1-2-8(5-9)18(20)21/h1-6,17H,(H,16,19). The first-order valence-electron chi connectivity index (χ1n) is 6.08. The van der Waals surface area contributed by atoms with Gasteiger partial charge in [0, 0.05) is 18.3 Å². The second kappa shape index (κ2) is 5.96. The van der Waals surface area contributed by atoms with Crippen LogP contribution < -0.4 is 10.3 Å². The maximum Gasteiger partial charge on any atom is 0.417 e. The SMILES string of the molecule is O=c1[nH]cc(C(F)(F)F)cc1NS(=O)(=O)c1cccc([N+](=O)[O-])c1. The molecule has 0 radical (unpaired) electrons. The van der Waals surface area contributed by atoms with Crippen molar-refractivity contribution in [3.05, 3.63) is 62.6 Å². The normalized spacial score (nSPS) is 12.0. The van der Waals surface area contributed by atoms with Crippen molar-refractivity contribution in [2.45, 2.75) is 11.1 Å². The van der Waals surface area contributed by atoms with E-state index < -0.39 is 48.5 Å². The zero-order chi connectivity index (χ0) is 18.1. The predicted molar refractivity (Wildman–Crippen MR) is 76.0 cm³/mol. The maximum absolute atomic E-state index is 12.6. The van der Waals surface area contributed by atoms with Gasteiger partial charge in [-0.05, 0) is 12.1 Å². The highest BCUT2D eigenvalue weighted by Crippen LogP contribution is 2.29. The lowest BCUT2D eigenvalue weighted by molar-refractivity contribution is -0.385. The molecule has 0 fully saturated rings. The van der Waals surface area contributed by atoms with Gasteiger partial charge in [0.05, 0.1) is 15.4 Å². The van der Waals surface area contributed by atoms with Gasteiger partial charge in [-0.15, -0.1) is 0 Å². The molecule has 2 aromatic rings. The Morgan fingerprint density at radius 2 is 1.88 bits per heavy atom. The van der Waals surface area contributed by atoms with E-state index in [0.717, 1.165) is 18.2 Å². The molecule has 0 aliphatic heterocycles. The minimum Gasteiger partial charge on any atom is -0.327 e. The lowest BCUT2D eigenvalue weighted by atomic mass is 10.2. The fraction of sp³-hybridized carbons (Fsp3) is 0.0833. The first-order valence-corrected chi connectivity index (χ1v) is 7.56. The molecule has 0 bridgehead atoms. The number of nitrogens with one attached hydrogen (secondary N) is 2. The van der Waals surface area contributed by atoms with Gasteiger partial charge in [-0.2, -0.15) is 13.2 Å². The molecule has 0 saturated heterocycles. The van der Waals surface area contributed by atoms with Crippen molar-refractivity contribution >= 4 is 21.4 Å². The number of anilines is 1. The average Bonchev–Trinajstić information content (AvgIpc) is 2.48. The van der Waals surface area contributed by atoms with E-state index in [1.807, 2.05) is 0 Å². The summed E-state index contributed by atoms with van der Waals surface area (Å²) in [5, 5.41) is 10.7. The van der Waals surface area contributed by atoms with Crippen LogP contribution in [0.2, 0.25) is 0 Å². The van der Waals surface area contributed by atoms with E-state index in [1.165, 1.54) is 0 Å². The summed E-state index contributed by atoms with van der Waals surface area (Å²) in [4.78, 5) is 22.5. The molecule has 8 nitrogen and oxygen atoms in total. The highest BCUT2D eigenvalue weighted by molar-refractivity contribution is 7.92. The number of hydrogen-bond acceptors (Lipinski definition) is 5. The van der Waals surface area contributed by atoms with Crippen molar-refractivity contribution in [3.63, 3.8) is 0 Å².